The van der Waals surface area contributed by atoms with Gasteiger partial charge in [0, 0.05) is 13.1 Å². The number of nitrogens with zero attached hydrogens (tertiary/aromatic N) is 2. The molecule has 22 heavy (non-hydrogen) atoms. The molecule has 6 nitrogen and oxygen atoms in total. The topological polar surface area (TPSA) is 69.7 Å². The van der Waals surface area contributed by atoms with Crippen LogP contribution in [-0.4, -0.2) is 53.3 Å². The van der Waals surface area contributed by atoms with Crippen molar-refractivity contribution >= 4 is 17.8 Å². The normalized spacial score (nSPS) is 29.2. The highest BCUT2D eigenvalue weighted by Gasteiger charge is 2.40. The van der Waals surface area contributed by atoms with Gasteiger partial charge in [0.15, 0.2) is 0 Å². The van der Waals surface area contributed by atoms with Gasteiger partial charge >= 0.3 is 6.03 Å². The molecule has 0 aromatic carbocycles. The Morgan fingerprint density at radius 3 is 2.36 bits per heavy atom. The molecule has 0 radical (unpaired) electrons. The second kappa shape index (κ2) is 6.67. The van der Waals surface area contributed by atoms with Crippen molar-refractivity contribution in [1.29, 1.82) is 0 Å². The molecular weight excluding hydrogens is 282 g/mol. The number of nitrogens with one attached hydrogen (secondary N) is 1. The fourth-order valence-electron chi connectivity index (χ4n) is 3.46. The van der Waals surface area contributed by atoms with E-state index in [-0.39, 0.29) is 18.4 Å². The Morgan fingerprint density at radius 1 is 1.23 bits per heavy atom. The van der Waals surface area contributed by atoms with Gasteiger partial charge in [-0.05, 0) is 30.6 Å². The number of carbonyl (C=O) groups excluding carboxylic acids is 3. The van der Waals surface area contributed by atoms with Gasteiger partial charge in [-0.1, -0.05) is 27.7 Å². The van der Waals surface area contributed by atoms with Crippen molar-refractivity contribution in [2.45, 2.75) is 46.6 Å². The first-order valence-electron chi connectivity index (χ1n) is 8.17. The van der Waals surface area contributed by atoms with Crippen LogP contribution in [0.4, 0.5) is 4.79 Å². The molecule has 3 unspecified atom stereocenters. The van der Waals surface area contributed by atoms with E-state index in [0.717, 1.165) is 11.3 Å². The summed E-state index contributed by atoms with van der Waals surface area (Å²) in [4.78, 5) is 39.5. The van der Waals surface area contributed by atoms with Gasteiger partial charge in [0.25, 0.3) is 5.91 Å². The number of amides is 4. The fourth-order valence-corrected chi connectivity index (χ4v) is 3.46. The van der Waals surface area contributed by atoms with Gasteiger partial charge in [-0.25, -0.2) is 4.79 Å². The summed E-state index contributed by atoms with van der Waals surface area (Å²) in [5.41, 5.74) is 0. The summed E-state index contributed by atoms with van der Waals surface area (Å²) in [5.74, 6) is 0.833. The summed E-state index contributed by atoms with van der Waals surface area (Å²) in [6.45, 7) is 9.54. The molecule has 0 aliphatic carbocycles. The van der Waals surface area contributed by atoms with Gasteiger partial charge in [-0.15, -0.1) is 0 Å². The van der Waals surface area contributed by atoms with Crippen LogP contribution < -0.4 is 5.32 Å². The smallest absolute Gasteiger partial charge is 0.325 e. The average Bonchev–Trinajstić information content (AvgIpc) is 2.64. The van der Waals surface area contributed by atoms with Crippen LogP contribution in [0, 0.1) is 17.8 Å². The molecular formula is C16H27N3O3. The number of piperidine rings is 1. The lowest BCUT2D eigenvalue weighted by Gasteiger charge is -2.35. The predicted octanol–water partition coefficient (Wildman–Crippen LogP) is 1.46. The van der Waals surface area contributed by atoms with Gasteiger partial charge in [0.1, 0.15) is 12.6 Å². The number of imide groups is 1. The fraction of sp³-hybridized carbons (Fsp3) is 0.812. The number of rotatable bonds is 4. The molecule has 1 N–H and O–H groups in total. The summed E-state index contributed by atoms with van der Waals surface area (Å²) >= 11 is 0. The van der Waals surface area contributed by atoms with Gasteiger partial charge in [-0.2, -0.15) is 0 Å². The van der Waals surface area contributed by atoms with Gasteiger partial charge in [0.2, 0.25) is 5.91 Å². The molecule has 3 atom stereocenters. The van der Waals surface area contributed by atoms with Crippen molar-refractivity contribution in [3.8, 4) is 0 Å². The Hall–Kier alpha value is -1.59. The number of carbonyl (C=O) groups is 3. The van der Waals surface area contributed by atoms with Crippen molar-refractivity contribution in [2.24, 2.45) is 17.8 Å². The molecule has 6 heteroatoms. The Labute approximate surface area is 132 Å². The first-order valence-corrected chi connectivity index (χ1v) is 8.17. The molecule has 2 fully saturated rings. The third kappa shape index (κ3) is 3.78. The van der Waals surface area contributed by atoms with Crippen LogP contribution in [0.2, 0.25) is 0 Å². The lowest BCUT2D eigenvalue weighted by molar-refractivity contribution is -0.139. The van der Waals surface area contributed by atoms with E-state index in [2.05, 4.69) is 19.2 Å². The van der Waals surface area contributed by atoms with Crippen molar-refractivity contribution < 1.29 is 14.4 Å². The maximum atomic E-state index is 12.4. The standard InChI is InChI=1S/C16H27N3O3/c1-10(2)5-13-15(21)19(16(22)17-13)9-14(20)18-7-11(3)6-12(4)8-18/h10-13H,5-9H2,1-4H3,(H,17,22). The minimum absolute atomic E-state index is 0.132. The van der Waals surface area contributed by atoms with Crippen LogP contribution in [0.15, 0.2) is 0 Å². The van der Waals surface area contributed by atoms with E-state index >= 15 is 0 Å². The maximum absolute atomic E-state index is 12.4. The maximum Gasteiger partial charge on any atom is 0.325 e. The van der Waals surface area contributed by atoms with E-state index in [9.17, 15) is 14.4 Å². The van der Waals surface area contributed by atoms with Crippen molar-refractivity contribution in [2.75, 3.05) is 19.6 Å². The monoisotopic (exact) mass is 309 g/mol. The zero-order chi connectivity index (χ0) is 16.4. The lowest BCUT2D eigenvalue weighted by atomic mass is 9.92. The second-order valence-electron chi connectivity index (χ2n) is 7.30. The Kier molecular flexibility index (Phi) is 5.08. The number of hydrogen-bond donors (Lipinski definition) is 1. The molecule has 0 bridgehead atoms. The van der Waals surface area contributed by atoms with Gasteiger partial charge < -0.3 is 10.2 Å². The van der Waals surface area contributed by atoms with Crippen molar-refractivity contribution in [3.05, 3.63) is 0 Å². The minimum Gasteiger partial charge on any atom is -0.341 e. The third-order valence-corrected chi connectivity index (χ3v) is 4.33. The highest BCUT2D eigenvalue weighted by Crippen LogP contribution is 2.21. The summed E-state index contributed by atoms with van der Waals surface area (Å²) in [6.07, 6.45) is 1.72. The van der Waals surface area contributed by atoms with Crippen LogP contribution in [0.1, 0.15) is 40.5 Å². The summed E-state index contributed by atoms with van der Waals surface area (Å²) in [7, 11) is 0. The molecule has 2 heterocycles. The molecule has 0 saturated carbocycles. The van der Waals surface area contributed by atoms with E-state index in [1.165, 1.54) is 0 Å². The van der Waals surface area contributed by atoms with Crippen molar-refractivity contribution in [1.82, 2.24) is 15.1 Å². The third-order valence-electron chi connectivity index (χ3n) is 4.33. The largest absolute Gasteiger partial charge is 0.341 e. The highest BCUT2D eigenvalue weighted by atomic mass is 16.2. The van der Waals surface area contributed by atoms with Crippen LogP contribution in [0.3, 0.4) is 0 Å². The Bertz CT molecular complexity index is 454. The summed E-state index contributed by atoms with van der Waals surface area (Å²) in [6, 6.07) is -0.929. The van der Waals surface area contributed by atoms with Crippen LogP contribution in [0.25, 0.3) is 0 Å². The van der Waals surface area contributed by atoms with E-state index < -0.39 is 12.1 Å². The van der Waals surface area contributed by atoms with Gasteiger partial charge in [0.05, 0.1) is 0 Å². The molecule has 0 aromatic rings. The van der Waals surface area contributed by atoms with Crippen LogP contribution in [0.5, 0.6) is 0 Å². The number of likely N-dealkylation sites (tertiary alicyclic amines) is 1. The first kappa shape index (κ1) is 16.8. The molecule has 0 aromatic heterocycles. The number of hydrogen-bond acceptors (Lipinski definition) is 3. The van der Waals surface area contributed by atoms with Crippen LogP contribution in [-0.2, 0) is 9.59 Å². The molecule has 4 amide bonds. The Morgan fingerprint density at radius 2 is 1.82 bits per heavy atom. The molecule has 2 aliphatic heterocycles. The molecule has 0 spiro atoms. The van der Waals surface area contributed by atoms with E-state index in [1.807, 2.05) is 13.8 Å². The first-order chi connectivity index (χ1) is 10.3. The summed E-state index contributed by atoms with van der Waals surface area (Å²) in [5, 5.41) is 2.68. The van der Waals surface area contributed by atoms with E-state index in [1.54, 1.807) is 4.90 Å². The zero-order valence-corrected chi connectivity index (χ0v) is 14.0. The predicted molar refractivity (Wildman–Crippen MR) is 83.0 cm³/mol. The highest BCUT2D eigenvalue weighted by molar-refractivity contribution is 6.06. The summed E-state index contributed by atoms with van der Waals surface area (Å²) < 4.78 is 0. The number of urea groups is 1. The molecule has 2 aliphatic rings. The second-order valence-corrected chi connectivity index (χ2v) is 7.30. The van der Waals surface area contributed by atoms with Gasteiger partial charge in [-0.3, -0.25) is 14.5 Å². The zero-order valence-electron chi connectivity index (χ0n) is 14.0. The average molecular weight is 309 g/mol. The lowest BCUT2D eigenvalue weighted by Crippen LogP contribution is -2.48. The van der Waals surface area contributed by atoms with Crippen LogP contribution >= 0.6 is 0 Å². The quantitative estimate of drug-likeness (QED) is 0.799. The Balaban J connectivity index is 1.96. The van der Waals surface area contributed by atoms with E-state index in [0.29, 0.717) is 37.3 Å². The minimum atomic E-state index is -0.487. The molecule has 2 saturated heterocycles. The SMILES string of the molecule is CC(C)CC1NC(=O)N(CC(=O)N2CC(C)CC(C)C2)C1=O. The van der Waals surface area contributed by atoms with E-state index in [4.69, 9.17) is 0 Å². The molecule has 2 rings (SSSR count). The van der Waals surface area contributed by atoms with Crippen molar-refractivity contribution in [3.63, 3.8) is 0 Å². The molecule has 124 valence electrons.